The lowest BCUT2D eigenvalue weighted by Gasteiger charge is -2.12. The van der Waals surface area contributed by atoms with Crippen molar-refractivity contribution >= 4 is 33.6 Å². The van der Waals surface area contributed by atoms with Crippen molar-refractivity contribution in [1.29, 1.82) is 0 Å². The maximum absolute atomic E-state index is 12.1. The third-order valence-electron chi connectivity index (χ3n) is 3.95. The Labute approximate surface area is 148 Å². The molecule has 0 amide bonds. The molecule has 1 aromatic heterocycles. The first-order chi connectivity index (χ1) is 11.1. The van der Waals surface area contributed by atoms with E-state index < -0.39 is 0 Å². The average molecular weight is 420 g/mol. The third kappa shape index (κ3) is 3.13. The van der Waals surface area contributed by atoms with Gasteiger partial charge in [-0.15, -0.1) is 0 Å². The van der Waals surface area contributed by atoms with Crippen molar-refractivity contribution < 1.29 is 9.15 Å². The number of hydrogen-bond donors (Lipinski definition) is 0. The van der Waals surface area contributed by atoms with Crippen molar-refractivity contribution in [3.8, 4) is 5.75 Å². The molecule has 23 heavy (non-hydrogen) atoms. The molecule has 3 aromatic rings. The van der Waals surface area contributed by atoms with Crippen LogP contribution >= 0.6 is 22.6 Å². The van der Waals surface area contributed by atoms with Crippen LogP contribution in [0.4, 0.5) is 0 Å². The highest BCUT2D eigenvalue weighted by Gasteiger charge is 2.15. The van der Waals surface area contributed by atoms with Gasteiger partial charge in [0.15, 0.2) is 5.58 Å². The molecule has 0 aliphatic carbocycles. The zero-order chi connectivity index (χ0) is 16.4. The van der Waals surface area contributed by atoms with E-state index in [2.05, 4.69) is 22.6 Å². The van der Waals surface area contributed by atoms with E-state index in [0.29, 0.717) is 18.6 Å². The Morgan fingerprint density at radius 3 is 2.57 bits per heavy atom. The van der Waals surface area contributed by atoms with E-state index in [1.54, 1.807) is 0 Å². The lowest BCUT2D eigenvalue weighted by Crippen LogP contribution is -2.09. The second kappa shape index (κ2) is 6.74. The van der Waals surface area contributed by atoms with Gasteiger partial charge in [0, 0.05) is 10.9 Å². The summed E-state index contributed by atoms with van der Waals surface area (Å²) in [4.78, 5) is 12.1. The van der Waals surface area contributed by atoms with Gasteiger partial charge in [-0.1, -0.05) is 37.3 Å². The van der Waals surface area contributed by atoms with Crippen LogP contribution in [0.1, 0.15) is 23.6 Å². The number of fused-ring (bicyclic) bond motifs is 1. The van der Waals surface area contributed by atoms with Crippen LogP contribution in [-0.4, -0.2) is 0 Å². The fourth-order valence-electron chi connectivity index (χ4n) is 2.66. The Kier molecular flexibility index (Phi) is 4.71. The van der Waals surface area contributed by atoms with Gasteiger partial charge in [-0.05, 0) is 59.2 Å². The first-order valence-corrected chi connectivity index (χ1v) is 8.61. The third-order valence-corrected chi connectivity index (χ3v) is 4.97. The van der Waals surface area contributed by atoms with Crippen LogP contribution in [0.5, 0.6) is 5.75 Å². The summed E-state index contributed by atoms with van der Waals surface area (Å²) in [5.41, 5.74) is 3.19. The SMILES string of the molecule is CCc1c(C)c2ccc(OCc3ccccc3)c(I)c2oc1=O. The van der Waals surface area contributed by atoms with E-state index in [1.807, 2.05) is 56.3 Å². The first-order valence-electron chi connectivity index (χ1n) is 7.53. The summed E-state index contributed by atoms with van der Waals surface area (Å²) in [6, 6.07) is 13.9. The van der Waals surface area contributed by atoms with Gasteiger partial charge in [0.1, 0.15) is 12.4 Å². The lowest BCUT2D eigenvalue weighted by molar-refractivity contribution is 0.304. The zero-order valence-electron chi connectivity index (χ0n) is 13.1. The summed E-state index contributed by atoms with van der Waals surface area (Å²) in [6.07, 6.45) is 0.674. The maximum atomic E-state index is 12.1. The Hall–Kier alpha value is -1.82. The molecule has 0 aliphatic rings. The molecule has 0 bridgehead atoms. The summed E-state index contributed by atoms with van der Waals surface area (Å²) in [5, 5.41) is 0.970. The molecule has 118 valence electrons. The highest BCUT2D eigenvalue weighted by atomic mass is 127. The molecule has 3 rings (SSSR count). The number of halogens is 1. The molecule has 0 atom stereocenters. The molecule has 1 heterocycles. The molecule has 0 spiro atoms. The van der Waals surface area contributed by atoms with Crippen molar-refractivity contribution in [3.63, 3.8) is 0 Å². The van der Waals surface area contributed by atoms with Gasteiger partial charge >= 0.3 is 5.63 Å². The van der Waals surface area contributed by atoms with Crippen molar-refractivity contribution in [1.82, 2.24) is 0 Å². The number of benzene rings is 2. The topological polar surface area (TPSA) is 39.4 Å². The van der Waals surface area contributed by atoms with Crippen molar-refractivity contribution in [2.24, 2.45) is 0 Å². The number of aryl methyl sites for hydroxylation is 1. The van der Waals surface area contributed by atoms with Crippen molar-refractivity contribution in [3.05, 3.63) is 73.1 Å². The minimum absolute atomic E-state index is 0.254. The van der Waals surface area contributed by atoms with Crippen LogP contribution in [-0.2, 0) is 13.0 Å². The van der Waals surface area contributed by atoms with Crippen molar-refractivity contribution in [2.75, 3.05) is 0 Å². The van der Waals surface area contributed by atoms with Crippen LogP contribution < -0.4 is 10.4 Å². The predicted octanol–water partition coefficient (Wildman–Crippen LogP) is 4.85. The Morgan fingerprint density at radius 2 is 1.87 bits per heavy atom. The fourth-order valence-corrected chi connectivity index (χ4v) is 3.40. The fraction of sp³-hybridized carbons (Fsp3) is 0.211. The van der Waals surface area contributed by atoms with E-state index >= 15 is 0 Å². The number of rotatable bonds is 4. The zero-order valence-corrected chi connectivity index (χ0v) is 15.2. The van der Waals surface area contributed by atoms with Gasteiger partial charge in [0.2, 0.25) is 0 Å². The Bertz CT molecular complexity index is 898. The summed E-state index contributed by atoms with van der Waals surface area (Å²) < 4.78 is 12.3. The first kappa shape index (κ1) is 16.1. The molecule has 0 saturated heterocycles. The van der Waals surface area contributed by atoms with Gasteiger partial charge in [-0.3, -0.25) is 0 Å². The molecule has 0 saturated carbocycles. The van der Waals surface area contributed by atoms with Gasteiger partial charge in [-0.2, -0.15) is 0 Å². The molecule has 0 N–H and O–H groups in total. The molecule has 0 fully saturated rings. The van der Waals surface area contributed by atoms with Crippen LogP contribution in [0.2, 0.25) is 0 Å². The Balaban J connectivity index is 2.00. The second-order valence-corrected chi connectivity index (χ2v) is 6.45. The molecule has 0 unspecified atom stereocenters. The molecule has 4 heteroatoms. The molecule has 3 nitrogen and oxygen atoms in total. The summed E-state index contributed by atoms with van der Waals surface area (Å²) in [5.74, 6) is 0.730. The average Bonchev–Trinajstić information content (AvgIpc) is 2.56. The van der Waals surface area contributed by atoms with Crippen LogP contribution in [0.15, 0.2) is 51.7 Å². The summed E-state index contributed by atoms with van der Waals surface area (Å²) >= 11 is 2.18. The predicted molar refractivity (Wildman–Crippen MR) is 100 cm³/mol. The van der Waals surface area contributed by atoms with Crippen LogP contribution in [0.25, 0.3) is 11.0 Å². The minimum atomic E-state index is -0.254. The van der Waals surface area contributed by atoms with E-state index in [9.17, 15) is 4.79 Å². The second-order valence-electron chi connectivity index (χ2n) is 5.38. The maximum Gasteiger partial charge on any atom is 0.339 e. The van der Waals surface area contributed by atoms with Gasteiger partial charge in [-0.25, -0.2) is 4.79 Å². The normalized spacial score (nSPS) is 10.9. The largest absolute Gasteiger partial charge is 0.488 e. The lowest BCUT2D eigenvalue weighted by atomic mass is 10.0. The standard InChI is InChI=1S/C19H17IO3/c1-3-14-12(2)15-9-10-16(17(20)18(15)23-19(14)21)22-11-13-7-5-4-6-8-13/h4-10H,3,11H2,1-2H3. The smallest absolute Gasteiger partial charge is 0.339 e. The monoisotopic (exact) mass is 420 g/mol. The number of hydrogen-bond acceptors (Lipinski definition) is 3. The highest BCUT2D eigenvalue weighted by Crippen LogP contribution is 2.31. The van der Waals surface area contributed by atoms with E-state index in [4.69, 9.17) is 9.15 Å². The van der Waals surface area contributed by atoms with Crippen molar-refractivity contribution in [2.45, 2.75) is 26.9 Å². The van der Waals surface area contributed by atoms with Crippen LogP contribution in [0, 0.1) is 10.5 Å². The minimum Gasteiger partial charge on any atom is -0.488 e. The van der Waals surface area contributed by atoms with Gasteiger partial charge in [0.05, 0.1) is 3.57 Å². The van der Waals surface area contributed by atoms with E-state index in [-0.39, 0.29) is 5.63 Å². The van der Waals surface area contributed by atoms with E-state index in [1.165, 1.54) is 0 Å². The molecule has 0 radical (unpaired) electrons. The Morgan fingerprint density at radius 1 is 1.13 bits per heavy atom. The molecule has 2 aromatic carbocycles. The van der Waals surface area contributed by atoms with Crippen LogP contribution in [0.3, 0.4) is 0 Å². The summed E-state index contributed by atoms with van der Waals surface area (Å²) in [7, 11) is 0. The highest BCUT2D eigenvalue weighted by molar-refractivity contribution is 14.1. The quantitative estimate of drug-likeness (QED) is 0.448. The summed E-state index contributed by atoms with van der Waals surface area (Å²) in [6.45, 7) is 4.42. The molecular weight excluding hydrogens is 403 g/mol. The van der Waals surface area contributed by atoms with Gasteiger partial charge in [0.25, 0.3) is 0 Å². The molecule has 0 aliphatic heterocycles. The van der Waals surface area contributed by atoms with E-state index in [0.717, 1.165) is 31.4 Å². The van der Waals surface area contributed by atoms with Gasteiger partial charge < -0.3 is 9.15 Å². The molecular formula is C19H17IO3. The number of ether oxygens (including phenoxy) is 1.